The van der Waals surface area contributed by atoms with Crippen LogP contribution < -0.4 is 10.0 Å². The monoisotopic (exact) mass is 427 g/mol. The van der Waals surface area contributed by atoms with Crippen LogP contribution in [-0.4, -0.2) is 14.6 Å². The number of rotatable bonds is 5. The van der Waals surface area contributed by atoms with Crippen LogP contribution >= 0.6 is 27.7 Å². The van der Waals surface area contributed by atoms with E-state index in [4.69, 9.17) is 0 Å². The van der Waals surface area contributed by atoms with E-state index >= 15 is 0 Å². The Labute approximate surface area is 162 Å². The van der Waals surface area contributed by atoms with Gasteiger partial charge in [0.25, 0.3) is 0 Å². The van der Waals surface area contributed by atoms with E-state index in [1.165, 1.54) is 6.20 Å². The van der Waals surface area contributed by atoms with Gasteiger partial charge >= 0.3 is 0 Å². The summed E-state index contributed by atoms with van der Waals surface area (Å²) in [5, 5.41) is 20.0. The van der Waals surface area contributed by atoms with Gasteiger partial charge in [0.1, 0.15) is 10.8 Å². The molecular weight excluding hydrogens is 414 g/mol. The van der Waals surface area contributed by atoms with E-state index in [-0.39, 0.29) is 0 Å². The van der Waals surface area contributed by atoms with Gasteiger partial charge in [-0.15, -0.1) is 0 Å². The van der Waals surface area contributed by atoms with E-state index in [2.05, 4.69) is 31.3 Å². The number of nitrogens with one attached hydrogen (secondary N) is 1. The molecule has 0 spiro atoms. The second-order valence-electron chi connectivity index (χ2n) is 5.55. The Kier molecular flexibility index (Phi) is 4.77. The average Bonchev–Trinajstić information content (AvgIpc) is 3.02. The second-order valence-corrected chi connectivity index (χ2v) is 7.50. The van der Waals surface area contributed by atoms with Crippen molar-refractivity contribution in [2.45, 2.75) is 16.5 Å². The maximum atomic E-state index is 11.4. The second kappa shape index (κ2) is 7.35. The number of halogens is 1. The van der Waals surface area contributed by atoms with Crippen molar-refractivity contribution in [3.63, 3.8) is 0 Å². The van der Waals surface area contributed by atoms with Gasteiger partial charge in [-0.3, -0.25) is 0 Å². The van der Waals surface area contributed by atoms with Gasteiger partial charge in [0.2, 0.25) is 0 Å². The molecule has 0 fully saturated rings. The topological polar surface area (TPSA) is 69.2 Å². The summed E-state index contributed by atoms with van der Waals surface area (Å²) in [6.45, 7) is 0.509. The Bertz CT molecular complexity index is 1050. The van der Waals surface area contributed by atoms with Gasteiger partial charge < -0.3 is 10.5 Å². The fourth-order valence-corrected chi connectivity index (χ4v) is 3.69. The molecule has 4 aromatic rings. The number of anilines is 1. The third-order valence-corrected chi connectivity index (χ3v) is 5.17. The van der Waals surface area contributed by atoms with Crippen molar-refractivity contribution in [2.75, 3.05) is 5.32 Å². The molecular formula is C18H14BrN5OS. The maximum absolute atomic E-state index is 11.4. The van der Waals surface area contributed by atoms with E-state index in [1.54, 1.807) is 34.7 Å². The molecule has 6 nitrogen and oxygen atoms in total. The van der Waals surface area contributed by atoms with Crippen LogP contribution in [0.3, 0.4) is 0 Å². The normalized spacial score (nSPS) is 11.0. The van der Waals surface area contributed by atoms with Crippen LogP contribution in [0.15, 0.2) is 81.5 Å². The van der Waals surface area contributed by atoms with Crippen LogP contribution in [0, 0.1) is 5.21 Å². The lowest BCUT2D eigenvalue weighted by Gasteiger charge is -2.10. The zero-order valence-electron chi connectivity index (χ0n) is 13.5. The Morgan fingerprint density at radius 2 is 2.04 bits per heavy atom. The van der Waals surface area contributed by atoms with Crippen LogP contribution in [0.2, 0.25) is 0 Å². The predicted molar refractivity (Wildman–Crippen MR) is 104 cm³/mol. The summed E-state index contributed by atoms with van der Waals surface area (Å²) in [5.41, 5.74) is 1.62. The first kappa shape index (κ1) is 16.9. The minimum Gasteiger partial charge on any atom is -0.619 e. The maximum Gasteiger partial charge on any atom is 0.185 e. The van der Waals surface area contributed by atoms with E-state index in [9.17, 15) is 5.21 Å². The molecule has 0 amide bonds. The Morgan fingerprint density at radius 3 is 2.85 bits per heavy atom. The van der Waals surface area contributed by atoms with Crippen molar-refractivity contribution in [3.8, 4) is 0 Å². The third kappa shape index (κ3) is 3.66. The molecule has 0 aliphatic heterocycles. The third-order valence-electron chi connectivity index (χ3n) is 3.68. The Morgan fingerprint density at radius 1 is 1.19 bits per heavy atom. The van der Waals surface area contributed by atoms with Crippen molar-refractivity contribution in [2.24, 2.45) is 0 Å². The molecule has 0 aliphatic carbocycles. The molecule has 0 atom stereocenters. The van der Waals surface area contributed by atoms with Gasteiger partial charge in [0.15, 0.2) is 18.0 Å². The summed E-state index contributed by atoms with van der Waals surface area (Å²) >= 11 is 5.08. The van der Waals surface area contributed by atoms with Gasteiger partial charge in [0, 0.05) is 29.1 Å². The molecule has 8 heteroatoms. The van der Waals surface area contributed by atoms with Crippen molar-refractivity contribution >= 4 is 39.2 Å². The van der Waals surface area contributed by atoms with Gasteiger partial charge in [-0.25, -0.2) is 4.98 Å². The largest absolute Gasteiger partial charge is 0.619 e. The first-order chi connectivity index (χ1) is 12.7. The van der Waals surface area contributed by atoms with Crippen LogP contribution in [0.1, 0.15) is 5.56 Å². The van der Waals surface area contributed by atoms with Crippen LogP contribution in [0.5, 0.6) is 0 Å². The molecule has 1 N–H and O–H groups in total. The molecule has 0 saturated carbocycles. The zero-order valence-corrected chi connectivity index (χ0v) is 15.9. The molecule has 130 valence electrons. The Hall–Kier alpha value is -2.58. The van der Waals surface area contributed by atoms with Gasteiger partial charge in [-0.2, -0.15) is 14.3 Å². The van der Waals surface area contributed by atoms with Crippen LogP contribution in [0.4, 0.5) is 5.82 Å². The molecule has 26 heavy (non-hydrogen) atoms. The Balaban J connectivity index is 1.66. The number of hydrogen-bond acceptors (Lipinski definition) is 5. The number of benzene rings is 1. The highest BCUT2D eigenvalue weighted by Gasteiger charge is 2.11. The molecule has 0 radical (unpaired) electrons. The number of hydrogen-bond donors (Lipinski definition) is 1. The molecule has 0 aliphatic rings. The van der Waals surface area contributed by atoms with Crippen molar-refractivity contribution in [3.05, 3.63) is 82.4 Å². The van der Waals surface area contributed by atoms with Gasteiger partial charge in [0.05, 0.1) is 10.7 Å². The summed E-state index contributed by atoms with van der Waals surface area (Å²) in [4.78, 5) is 5.79. The summed E-state index contributed by atoms with van der Waals surface area (Å²) in [6, 6.07) is 15.7. The predicted octanol–water partition coefficient (Wildman–Crippen LogP) is 3.89. The first-order valence-electron chi connectivity index (χ1n) is 7.88. The molecule has 1 aromatic carbocycles. The summed E-state index contributed by atoms with van der Waals surface area (Å²) in [6.07, 6.45) is 4.73. The minimum atomic E-state index is 0.509. The lowest BCUT2D eigenvalue weighted by atomic mass is 10.3. The van der Waals surface area contributed by atoms with Crippen LogP contribution in [0.25, 0.3) is 5.65 Å². The highest BCUT2D eigenvalue weighted by molar-refractivity contribution is 9.10. The summed E-state index contributed by atoms with van der Waals surface area (Å²) in [7, 11) is 0. The fourth-order valence-electron chi connectivity index (χ4n) is 2.50. The SMILES string of the molecule is [O-][n+]1cccc(CNc2cc(Sc3ccccc3)nc3c(Br)cnn23)c1. The zero-order chi connectivity index (χ0) is 17.9. The van der Waals surface area contributed by atoms with E-state index < -0.39 is 0 Å². The molecule has 3 heterocycles. The average molecular weight is 428 g/mol. The highest BCUT2D eigenvalue weighted by atomic mass is 79.9. The van der Waals surface area contributed by atoms with Gasteiger partial charge in [-0.05, 0) is 34.1 Å². The first-order valence-corrected chi connectivity index (χ1v) is 9.49. The number of aromatic nitrogens is 4. The van der Waals surface area contributed by atoms with Crippen molar-refractivity contribution < 1.29 is 4.73 Å². The smallest absolute Gasteiger partial charge is 0.185 e. The number of pyridine rings is 1. The summed E-state index contributed by atoms with van der Waals surface area (Å²) in [5.74, 6) is 0.806. The van der Waals surface area contributed by atoms with E-state index in [0.29, 0.717) is 6.54 Å². The van der Waals surface area contributed by atoms with Crippen LogP contribution in [-0.2, 0) is 6.54 Å². The highest BCUT2D eigenvalue weighted by Crippen LogP contribution is 2.30. The standard InChI is InChI=1S/C18H14BrN5OS/c19-15-11-21-24-16(20-10-13-5-4-8-23(25)12-13)9-17(22-18(15)24)26-14-6-2-1-3-7-14/h1-9,11-12,20H,10H2. The molecule has 4 rings (SSSR count). The molecule has 0 unspecified atom stereocenters. The fraction of sp³-hybridized carbons (Fsp3) is 0.0556. The lowest BCUT2D eigenvalue weighted by Crippen LogP contribution is -2.25. The van der Waals surface area contributed by atoms with Crippen molar-refractivity contribution in [1.29, 1.82) is 0 Å². The number of fused-ring (bicyclic) bond motifs is 1. The molecule has 0 bridgehead atoms. The van der Waals surface area contributed by atoms with E-state index in [1.807, 2.05) is 42.5 Å². The summed E-state index contributed by atoms with van der Waals surface area (Å²) < 4.78 is 3.36. The lowest BCUT2D eigenvalue weighted by molar-refractivity contribution is -0.605. The van der Waals surface area contributed by atoms with Crippen molar-refractivity contribution in [1.82, 2.24) is 14.6 Å². The quantitative estimate of drug-likeness (QED) is 0.297. The number of nitrogens with zero attached hydrogens (tertiary/aromatic N) is 4. The minimum absolute atomic E-state index is 0.509. The molecule has 0 saturated heterocycles. The van der Waals surface area contributed by atoms with E-state index in [0.717, 1.165) is 36.2 Å². The van der Waals surface area contributed by atoms with Gasteiger partial charge in [-0.1, -0.05) is 30.0 Å². The molecule has 3 aromatic heterocycles.